The number of hydrogen-bond acceptors (Lipinski definition) is 3. The third-order valence-electron chi connectivity index (χ3n) is 3.86. The Morgan fingerprint density at radius 3 is 2.74 bits per heavy atom. The molecule has 1 aliphatic rings. The molecule has 0 bridgehead atoms. The maximum Gasteiger partial charge on any atom is 0.282 e. The zero-order valence-corrected chi connectivity index (χ0v) is 13.2. The third-order valence-corrected chi connectivity index (χ3v) is 4.72. The molecule has 1 saturated carbocycles. The number of hydrogen-bond donors (Lipinski definition) is 1. The van der Waals surface area contributed by atoms with Crippen molar-refractivity contribution in [3.63, 3.8) is 0 Å². The Labute approximate surface area is 127 Å². The fourth-order valence-electron chi connectivity index (χ4n) is 2.67. The van der Waals surface area contributed by atoms with Gasteiger partial charge in [-0.2, -0.15) is 0 Å². The summed E-state index contributed by atoms with van der Waals surface area (Å²) in [6.07, 6.45) is 6.36. The third kappa shape index (κ3) is 3.81. The van der Waals surface area contributed by atoms with Crippen molar-refractivity contribution in [2.75, 3.05) is 5.32 Å². The van der Waals surface area contributed by atoms with E-state index in [1.54, 1.807) is 6.07 Å². The average Bonchev–Trinajstić information content (AvgIpc) is 2.55. The molecule has 2 unspecified atom stereocenters. The van der Waals surface area contributed by atoms with E-state index >= 15 is 0 Å². The second-order valence-corrected chi connectivity index (χ2v) is 6.45. The van der Waals surface area contributed by atoms with Gasteiger partial charge in [0.1, 0.15) is 0 Å². The molecule has 1 fully saturated rings. The molecule has 1 aromatic carbocycles. The lowest BCUT2D eigenvalue weighted by Crippen LogP contribution is -2.26. The van der Waals surface area contributed by atoms with E-state index in [-0.39, 0.29) is 10.6 Å². The van der Waals surface area contributed by atoms with Crippen LogP contribution in [0.4, 0.5) is 11.4 Å². The fourth-order valence-corrected chi connectivity index (χ4v) is 3.38. The van der Waals surface area contributed by atoms with Crippen LogP contribution in [0.25, 0.3) is 0 Å². The van der Waals surface area contributed by atoms with E-state index < -0.39 is 0 Å². The largest absolute Gasteiger partial charge is 0.382 e. The molecule has 4 nitrogen and oxygen atoms in total. The van der Waals surface area contributed by atoms with E-state index in [2.05, 4.69) is 12.2 Å². The summed E-state index contributed by atoms with van der Waals surface area (Å²) in [5, 5.41) is 14.4. The summed E-state index contributed by atoms with van der Waals surface area (Å²) in [5.41, 5.74) is 1.17. The number of rotatable bonds is 3. The lowest BCUT2D eigenvalue weighted by atomic mass is 9.97. The number of benzene rings is 1. The molecule has 5 heteroatoms. The van der Waals surface area contributed by atoms with E-state index in [4.69, 9.17) is 0 Å². The number of anilines is 1. The average molecular weight is 374 g/mol. The van der Waals surface area contributed by atoms with Crippen LogP contribution in [0, 0.1) is 19.6 Å². The van der Waals surface area contributed by atoms with Crippen LogP contribution in [0.2, 0.25) is 0 Å². The van der Waals surface area contributed by atoms with Gasteiger partial charge in [-0.05, 0) is 53.5 Å². The van der Waals surface area contributed by atoms with Crippen LogP contribution >= 0.6 is 22.6 Å². The van der Waals surface area contributed by atoms with Crippen LogP contribution in [0.3, 0.4) is 0 Å². The number of nitrogens with one attached hydrogen (secondary N) is 1. The van der Waals surface area contributed by atoms with Gasteiger partial charge in [0.05, 0.1) is 8.49 Å². The molecular weight excluding hydrogens is 355 g/mol. The number of halogens is 1. The summed E-state index contributed by atoms with van der Waals surface area (Å²) < 4.78 is 0.689. The first-order valence-electron chi connectivity index (χ1n) is 6.78. The van der Waals surface area contributed by atoms with Gasteiger partial charge in [0, 0.05) is 17.8 Å². The quantitative estimate of drug-likeness (QED) is 0.365. The van der Waals surface area contributed by atoms with Crippen LogP contribution in [-0.2, 0) is 0 Å². The van der Waals surface area contributed by atoms with Crippen LogP contribution in [0.1, 0.15) is 39.0 Å². The van der Waals surface area contributed by atoms with Crippen LogP contribution in [-0.4, -0.2) is 11.0 Å². The molecule has 1 N–H and O–H groups in total. The number of nitro benzene ring substituents is 1. The van der Waals surface area contributed by atoms with Crippen molar-refractivity contribution in [2.45, 2.75) is 45.1 Å². The Hall–Kier alpha value is -0.850. The first kappa shape index (κ1) is 14.6. The van der Waals surface area contributed by atoms with E-state index in [0.29, 0.717) is 15.5 Å². The minimum absolute atomic E-state index is 0.181. The molecule has 0 heterocycles. The van der Waals surface area contributed by atoms with Gasteiger partial charge in [-0.3, -0.25) is 10.1 Å². The summed E-state index contributed by atoms with van der Waals surface area (Å²) in [7, 11) is 0. The predicted molar refractivity (Wildman–Crippen MR) is 85.5 cm³/mol. The lowest BCUT2D eigenvalue weighted by Gasteiger charge is -2.24. The molecule has 0 aromatic heterocycles. The molecule has 2 atom stereocenters. The van der Waals surface area contributed by atoms with Crippen molar-refractivity contribution in [2.24, 2.45) is 5.92 Å². The highest BCUT2D eigenvalue weighted by Crippen LogP contribution is 2.28. The van der Waals surface area contributed by atoms with Gasteiger partial charge in [0.15, 0.2) is 0 Å². The Morgan fingerprint density at radius 2 is 2.05 bits per heavy atom. The Bertz CT molecular complexity index is 465. The molecule has 2 rings (SSSR count). The Kier molecular flexibility index (Phi) is 5.01. The van der Waals surface area contributed by atoms with Crippen LogP contribution in [0.5, 0.6) is 0 Å². The molecule has 1 aliphatic carbocycles. The predicted octanol–water partition coefficient (Wildman–Crippen LogP) is 4.58. The zero-order valence-electron chi connectivity index (χ0n) is 11.1. The monoisotopic (exact) mass is 374 g/mol. The summed E-state index contributed by atoms with van der Waals surface area (Å²) in [5.74, 6) is 0.662. The second kappa shape index (κ2) is 6.54. The topological polar surface area (TPSA) is 55.2 Å². The maximum atomic E-state index is 10.8. The smallest absolute Gasteiger partial charge is 0.282 e. The lowest BCUT2D eigenvalue weighted by molar-refractivity contribution is -0.385. The van der Waals surface area contributed by atoms with E-state index in [1.165, 1.54) is 32.1 Å². The minimum Gasteiger partial charge on any atom is -0.382 e. The van der Waals surface area contributed by atoms with Gasteiger partial charge in [-0.1, -0.05) is 26.2 Å². The maximum absolute atomic E-state index is 10.8. The highest BCUT2D eigenvalue weighted by atomic mass is 127. The molecule has 0 amide bonds. The van der Waals surface area contributed by atoms with Crippen LogP contribution in [0.15, 0.2) is 18.2 Å². The summed E-state index contributed by atoms with van der Waals surface area (Å²) in [4.78, 5) is 10.5. The summed E-state index contributed by atoms with van der Waals surface area (Å²) in [6.45, 7) is 2.29. The minimum atomic E-state index is -0.334. The summed E-state index contributed by atoms with van der Waals surface area (Å²) >= 11 is 2.03. The normalized spacial score (nSPS) is 23.7. The van der Waals surface area contributed by atoms with Gasteiger partial charge >= 0.3 is 0 Å². The van der Waals surface area contributed by atoms with E-state index in [0.717, 1.165) is 5.69 Å². The van der Waals surface area contributed by atoms with Crippen molar-refractivity contribution in [3.8, 4) is 0 Å². The second-order valence-electron chi connectivity index (χ2n) is 5.29. The first-order valence-corrected chi connectivity index (χ1v) is 7.86. The molecular formula is C14H19IN2O2. The molecule has 0 radical (unpaired) electrons. The Morgan fingerprint density at radius 1 is 1.32 bits per heavy atom. The van der Waals surface area contributed by atoms with Gasteiger partial charge in [0.2, 0.25) is 0 Å². The SMILES string of the molecule is CC1CCCCCC1Nc1ccc([N+](=O)[O-])c(I)c1. The molecule has 0 saturated heterocycles. The summed E-state index contributed by atoms with van der Waals surface area (Å²) in [6, 6.07) is 5.76. The van der Waals surface area contributed by atoms with Crippen molar-refractivity contribution in [3.05, 3.63) is 31.9 Å². The fraction of sp³-hybridized carbons (Fsp3) is 0.571. The first-order chi connectivity index (χ1) is 9.08. The molecule has 1 aromatic rings. The van der Waals surface area contributed by atoms with Crippen molar-refractivity contribution < 1.29 is 4.92 Å². The van der Waals surface area contributed by atoms with Gasteiger partial charge in [-0.25, -0.2) is 0 Å². The van der Waals surface area contributed by atoms with Gasteiger partial charge in [-0.15, -0.1) is 0 Å². The zero-order chi connectivity index (χ0) is 13.8. The van der Waals surface area contributed by atoms with Gasteiger partial charge in [0.25, 0.3) is 5.69 Å². The number of nitro groups is 1. The molecule has 0 aliphatic heterocycles. The molecule has 19 heavy (non-hydrogen) atoms. The Balaban J connectivity index is 2.10. The molecule has 0 spiro atoms. The van der Waals surface area contributed by atoms with Crippen molar-refractivity contribution >= 4 is 34.0 Å². The van der Waals surface area contributed by atoms with E-state index in [9.17, 15) is 10.1 Å². The number of nitrogens with zero attached hydrogens (tertiary/aromatic N) is 1. The van der Waals surface area contributed by atoms with Gasteiger partial charge < -0.3 is 5.32 Å². The van der Waals surface area contributed by atoms with Crippen molar-refractivity contribution in [1.82, 2.24) is 0 Å². The highest BCUT2D eigenvalue weighted by molar-refractivity contribution is 14.1. The van der Waals surface area contributed by atoms with E-state index in [1.807, 2.05) is 34.7 Å². The molecule has 104 valence electrons. The highest BCUT2D eigenvalue weighted by Gasteiger charge is 2.20. The van der Waals surface area contributed by atoms with Crippen LogP contribution < -0.4 is 5.32 Å². The van der Waals surface area contributed by atoms with Crippen molar-refractivity contribution in [1.29, 1.82) is 0 Å². The standard InChI is InChI=1S/C14H19IN2O2/c1-10-5-3-2-4-6-13(10)16-11-7-8-14(17(18)19)12(15)9-11/h7-10,13,16H,2-6H2,1H3.